The van der Waals surface area contributed by atoms with Crippen LogP contribution in [0, 0.1) is 0 Å². The van der Waals surface area contributed by atoms with Gasteiger partial charge in [-0.05, 0) is 35.8 Å². The number of allylic oxidation sites excluding steroid dienone is 4. The van der Waals surface area contributed by atoms with Crippen molar-refractivity contribution in [1.29, 1.82) is 0 Å². The Hall–Kier alpha value is -2.50. The molecule has 0 unspecified atom stereocenters. The molecule has 2 aliphatic rings. The molecule has 1 heterocycles. The monoisotopic (exact) mass is 322 g/mol. The molecule has 1 saturated heterocycles. The predicted octanol–water partition coefficient (Wildman–Crippen LogP) is 4.17. The summed E-state index contributed by atoms with van der Waals surface area (Å²) in [5.41, 5.74) is 2.27. The Morgan fingerprint density at radius 3 is 2.61 bits per heavy atom. The van der Waals surface area contributed by atoms with E-state index in [-0.39, 0.29) is 11.5 Å². The van der Waals surface area contributed by atoms with Crippen molar-refractivity contribution in [3.05, 3.63) is 58.9 Å². The van der Waals surface area contributed by atoms with Gasteiger partial charge in [-0.1, -0.05) is 24.3 Å². The van der Waals surface area contributed by atoms with E-state index in [1.54, 1.807) is 18.2 Å². The lowest BCUT2D eigenvalue weighted by Gasteiger charge is -2.22. The lowest BCUT2D eigenvalue weighted by atomic mass is 9.94. The van der Waals surface area contributed by atoms with Gasteiger partial charge in [-0.2, -0.15) is 0 Å². The van der Waals surface area contributed by atoms with Gasteiger partial charge in [-0.15, -0.1) is 13.2 Å². The summed E-state index contributed by atoms with van der Waals surface area (Å²) < 4.78 is 45.7. The molecule has 1 fully saturated rings. The highest BCUT2D eigenvalue weighted by Crippen LogP contribution is 2.30. The molecule has 0 N–H and O–H groups in total. The number of hydrogen-bond acceptors (Lipinski definition) is 3. The van der Waals surface area contributed by atoms with Gasteiger partial charge in [0.05, 0.1) is 12.2 Å². The minimum Gasteiger partial charge on any atom is -0.492 e. The maximum absolute atomic E-state index is 12.1. The highest BCUT2D eigenvalue weighted by Gasteiger charge is 2.31. The minimum atomic E-state index is -4.69. The molecule has 1 aromatic rings. The van der Waals surface area contributed by atoms with Gasteiger partial charge in [-0.3, -0.25) is 4.79 Å². The summed E-state index contributed by atoms with van der Waals surface area (Å²) in [7, 11) is 0. The number of benzene rings is 1. The first-order chi connectivity index (χ1) is 10.9. The van der Waals surface area contributed by atoms with Crippen molar-refractivity contribution in [3.63, 3.8) is 0 Å². The number of halogens is 3. The summed E-state index contributed by atoms with van der Waals surface area (Å²) in [5, 5.41) is 0. The van der Waals surface area contributed by atoms with E-state index in [1.165, 1.54) is 12.1 Å². The van der Waals surface area contributed by atoms with Gasteiger partial charge in [0, 0.05) is 6.42 Å². The summed E-state index contributed by atoms with van der Waals surface area (Å²) in [6, 6.07) is 5.60. The van der Waals surface area contributed by atoms with Crippen LogP contribution in [0.25, 0.3) is 6.08 Å². The largest absolute Gasteiger partial charge is 0.573 e. The molecule has 1 aliphatic carbocycles. The Morgan fingerprint density at radius 2 is 1.91 bits per heavy atom. The van der Waals surface area contributed by atoms with Crippen molar-refractivity contribution in [2.45, 2.75) is 19.2 Å². The van der Waals surface area contributed by atoms with Gasteiger partial charge in [0.1, 0.15) is 11.5 Å². The quantitative estimate of drug-likeness (QED) is 0.820. The third-order valence-corrected chi connectivity index (χ3v) is 3.48. The zero-order valence-electron chi connectivity index (χ0n) is 12.0. The highest BCUT2D eigenvalue weighted by molar-refractivity contribution is 6.00. The highest BCUT2D eigenvalue weighted by atomic mass is 19.4. The molecule has 6 heteroatoms. The number of fused-ring (bicyclic) bond motifs is 1. The van der Waals surface area contributed by atoms with Crippen molar-refractivity contribution >= 4 is 11.9 Å². The Kier molecular flexibility index (Phi) is 3.98. The summed E-state index contributed by atoms with van der Waals surface area (Å²) >= 11 is 0. The zero-order valence-corrected chi connectivity index (χ0v) is 12.0. The summed E-state index contributed by atoms with van der Waals surface area (Å²) in [6.45, 7) is 0.374. The maximum Gasteiger partial charge on any atom is 0.573 e. The molecule has 23 heavy (non-hydrogen) atoms. The van der Waals surface area contributed by atoms with E-state index < -0.39 is 6.36 Å². The number of Topliss-reactive ketones (excluding diaryl/α,β-unsaturated/α-hetero) is 1. The molecule has 0 spiro atoms. The molecule has 0 atom stereocenters. The van der Waals surface area contributed by atoms with E-state index >= 15 is 0 Å². The summed E-state index contributed by atoms with van der Waals surface area (Å²) in [6.07, 6.45) is 1.73. The van der Waals surface area contributed by atoms with Crippen LogP contribution >= 0.6 is 0 Å². The molecule has 3 nitrogen and oxygen atoms in total. The number of ketones is 1. The van der Waals surface area contributed by atoms with Crippen molar-refractivity contribution in [2.75, 3.05) is 6.61 Å². The van der Waals surface area contributed by atoms with Gasteiger partial charge in [0.15, 0.2) is 5.78 Å². The maximum atomic E-state index is 12.1. The van der Waals surface area contributed by atoms with Gasteiger partial charge in [-0.25, -0.2) is 0 Å². The summed E-state index contributed by atoms with van der Waals surface area (Å²) in [4.78, 5) is 11.7. The van der Waals surface area contributed by atoms with Crippen LogP contribution in [0.2, 0.25) is 0 Å². The fourth-order valence-corrected chi connectivity index (χ4v) is 2.46. The van der Waals surface area contributed by atoms with Crippen LogP contribution in [-0.4, -0.2) is 18.8 Å². The first kappa shape index (κ1) is 15.4. The van der Waals surface area contributed by atoms with E-state index in [4.69, 9.17) is 4.74 Å². The first-order valence-corrected chi connectivity index (χ1v) is 7.05. The van der Waals surface area contributed by atoms with E-state index in [0.29, 0.717) is 30.8 Å². The molecule has 1 aromatic carbocycles. The molecule has 0 radical (unpaired) electrons. The zero-order chi connectivity index (χ0) is 16.4. The van der Waals surface area contributed by atoms with E-state index in [9.17, 15) is 18.0 Å². The van der Waals surface area contributed by atoms with Gasteiger partial charge >= 0.3 is 6.36 Å². The summed E-state index contributed by atoms with van der Waals surface area (Å²) in [5.74, 6) is 0.385. The molecule has 1 aliphatic heterocycles. The second-order valence-corrected chi connectivity index (χ2v) is 5.19. The standard InChI is InChI=1S/C17H13F3O3/c18-17(19,20)23-13-4-1-11(2-5-13)9-12-3-6-14-15(21)7-8-22-16(14)10-12/h1-2,4-6,9-10H,3,7-8H2. The Morgan fingerprint density at radius 1 is 1.17 bits per heavy atom. The molecular weight excluding hydrogens is 309 g/mol. The Bertz CT molecular complexity index is 710. The van der Waals surface area contributed by atoms with Crippen molar-refractivity contribution in [3.8, 4) is 5.75 Å². The molecular formula is C17H13F3O3. The number of carbonyl (C=O) groups is 1. The Labute approximate surface area is 130 Å². The lowest BCUT2D eigenvalue weighted by molar-refractivity contribution is -0.274. The van der Waals surface area contributed by atoms with Crippen LogP contribution < -0.4 is 4.74 Å². The van der Waals surface area contributed by atoms with Crippen molar-refractivity contribution in [1.82, 2.24) is 0 Å². The van der Waals surface area contributed by atoms with Gasteiger partial charge in [0.25, 0.3) is 0 Å². The average molecular weight is 322 g/mol. The van der Waals surface area contributed by atoms with Crippen LogP contribution in [0.3, 0.4) is 0 Å². The van der Waals surface area contributed by atoms with Crippen LogP contribution in [0.4, 0.5) is 13.2 Å². The topological polar surface area (TPSA) is 35.5 Å². The Balaban J connectivity index is 1.75. The molecule has 0 bridgehead atoms. The van der Waals surface area contributed by atoms with Crippen LogP contribution in [0.5, 0.6) is 5.75 Å². The number of hydrogen-bond donors (Lipinski definition) is 0. The lowest BCUT2D eigenvalue weighted by Crippen LogP contribution is -2.18. The minimum absolute atomic E-state index is 0.0789. The molecule has 0 amide bonds. The fraction of sp³-hybridized carbons (Fsp3) is 0.235. The van der Waals surface area contributed by atoms with Crippen molar-refractivity contribution in [2.24, 2.45) is 0 Å². The number of ether oxygens (including phenoxy) is 2. The van der Waals surface area contributed by atoms with Gasteiger partial charge < -0.3 is 9.47 Å². The first-order valence-electron chi connectivity index (χ1n) is 7.05. The third-order valence-electron chi connectivity index (χ3n) is 3.48. The molecule has 0 aromatic heterocycles. The van der Waals surface area contributed by atoms with E-state index in [2.05, 4.69) is 4.74 Å². The second-order valence-electron chi connectivity index (χ2n) is 5.19. The van der Waals surface area contributed by atoms with Crippen LogP contribution in [0.15, 0.2) is 53.3 Å². The predicted molar refractivity (Wildman–Crippen MR) is 77.5 cm³/mol. The smallest absolute Gasteiger partial charge is 0.492 e. The van der Waals surface area contributed by atoms with Crippen molar-refractivity contribution < 1.29 is 27.4 Å². The SMILES string of the molecule is O=C1CCOC2=CC(=Cc3ccc(OC(F)(F)F)cc3)CC=C12. The van der Waals surface area contributed by atoms with E-state index in [1.807, 2.05) is 12.2 Å². The fourth-order valence-electron chi connectivity index (χ4n) is 2.46. The second kappa shape index (κ2) is 5.95. The molecule has 0 saturated carbocycles. The van der Waals surface area contributed by atoms with Crippen LogP contribution in [0.1, 0.15) is 18.4 Å². The molecule has 3 rings (SSSR count). The average Bonchev–Trinajstić information content (AvgIpc) is 2.48. The van der Waals surface area contributed by atoms with E-state index in [0.717, 1.165) is 11.1 Å². The molecule has 120 valence electrons. The van der Waals surface area contributed by atoms with Gasteiger partial charge in [0.2, 0.25) is 0 Å². The van der Waals surface area contributed by atoms with Crippen LogP contribution in [-0.2, 0) is 9.53 Å². The normalized spacial score (nSPS) is 19.6. The third kappa shape index (κ3) is 3.83. The number of rotatable bonds is 2. The number of carbonyl (C=O) groups excluding carboxylic acids is 1. The number of alkyl halides is 3.